The molecular weight excluding hydrogens is 246 g/mol. The van der Waals surface area contributed by atoms with Gasteiger partial charge in [-0.3, -0.25) is 0 Å². The molecule has 2 unspecified atom stereocenters. The molecule has 0 radical (unpaired) electrons. The minimum Gasteiger partial charge on any atom is -0.497 e. The van der Waals surface area contributed by atoms with Gasteiger partial charge in [0.25, 0.3) is 0 Å². The number of unbranched alkanes of at least 4 members (excludes halogenated alkanes) is 3. The Hall–Kier alpha value is -1.02. The van der Waals surface area contributed by atoms with Crippen LogP contribution in [0.15, 0.2) is 24.3 Å². The van der Waals surface area contributed by atoms with Crippen molar-refractivity contribution in [2.45, 2.75) is 71.4 Å². The quantitative estimate of drug-likeness (QED) is 0.632. The van der Waals surface area contributed by atoms with E-state index < -0.39 is 0 Å². The lowest BCUT2D eigenvalue weighted by atomic mass is 10.0. The highest BCUT2D eigenvalue weighted by molar-refractivity contribution is 5.27. The zero-order valence-electron chi connectivity index (χ0n) is 13.6. The Morgan fingerprint density at radius 3 is 2.30 bits per heavy atom. The highest BCUT2D eigenvalue weighted by Crippen LogP contribution is 2.13. The van der Waals surface area contributed by atoms with Crippen LogP contribution in [-0.2, 0) is 6.42 Å². The van der Waals surface area contributed by atoms with Crippen LogP contribution in [0.4, 0.5) is 0 Å². The van der Waals surface area contributed by atoms with Crippen LogP contribution in [0.2, 0.25) is 0 Å². The number of nitrogens with one attached hydrogen (secondary N) is 1. The summed E-state index contributed by atoms with van der Waals surface area (Å²) in [4.78, 5) is 0. The molecule has 0 amide bonds. The molecule has 1 aromatic rings. The molecule has 2 nitrogen and oxygen atoms in total. The molecule has 114 valence electrons. The molecule has 1 rings (SSSR count). The standard InChI is InChI=1S/C18H31NO/c1-5-6-7-8-9-15(2)19-16(3)14-17-10-12-18(20-4)13-11-17/h10-13,15-16,19H,5-9,14H2,1-4H3. The molecule has 0 bridgehead atoms. The topological polar surface area (TPSA) is 21.3 Å². The number of hydrogen-bond donors (Lipinski definition) is 1. The average Bonchev–Trinajstić information content (AvgIpc) is 2.44. The van der Waals surface area contributed by atoms with E-state index in [1.54, 1.807) is 7.11 Å². The van der Waals surface area contributed by atoms with Crippen molar-refractivity contribution in [3.05, 3.63) is 29.8 Å². The van der Waals surface area contributed by atoms with Crippen molar-refractivity contribution in [1.29, 1.82) is 0 Å². The van der Waals surface area contributed by atoms with E-state index in [0.717, 1.165) is 12.2 Å². The van der Waals surface area contributed by atoms with Gasteiger partial charge < -0.3 is 10.1 Å². The van der Waals surface area contributed by atoms with E-state index in [0.29, 0.717) is 12.1 Å². The Bertz CT molecular complexity index is 347. The number of ether oxygens (including phenoxy) is 1. The van der Waals surface area contributed by atoms with E-state index in [-0.39, 0.29) is 0 Å². The molecule has 0 spiro atoms. The summed E-state index contributed by atoms with van der Waals surface area (Å²) >= 11 is 0. The summed E-state index contributed by atoms with van der Waals surface area (Å²) in [5.41, 5.74) is 1.36. The van der Waals surface area contributed by atoms with Crippen LogP contribution in [0.5, 0.6) is 5.75 Å². The van der Waals surface area contributed by atoms with Crippen molar-refractivity contribution in [3.63, 3.8) is 0 Å². The van der Waals surface area contributed by atoms with Crippen molar-refractivity contribution < 1.29 is 4.74 Å². The van der Waals surface area contributed by atoms with Gasteiger partial charge in [-0.05, 0) is 44.4 Å². The first-order chi connectivity index (χ1) is 9.65. The van der Waals surface area contributed by atoms with Gasteiger partial charge in [0.15, 0.2) is 0 Å². The fourth-order valence-electron chi connectivity index (χ4n) is 2.62. The number of benzene rings is 1. The maximum atomic E-state index is 5.19. The highest BCUT2D eigenvalue weighted by atomic mass is 16.5. The zero-order chi connectivity index (χ0) is 14.8. The van der Waals surface area contributed by atoms with Crippen molar-refractivity contribution in [3.8, 4) is 5.75 Å². The summed E-state index contributed by atoms with van der Waals surface area (Å²) in [5, 5.41) is 3.70. The Morgan fingerprint density at radius 1 is 1.00 bits per heavy atom. The predicted molar refractivity (Wildman–Crippen MR) is 87.5 cm³/mol. The van der Waals surface area contributed by atoms with Gasteiger partial charge in [-0.2, -0.15) is 0 Å². The number of rotatable bonds is 10. The molecule has 1 aromatic carbocycles. The predicted octanol–water partition coefficient (Wildman–Crippen LogP) is 4.57. The summed E-state index contributed by atoms with van der Waals surface area (Å²) < 4.78 is 5.19. The second-order valence-corrected chi connectivity index (χ2v) is 5.87. The first-order valence-corrected chi connectivity index (χ1v) is 8.04. The van der Waals surface area contributed by atoms with Gasteiger partial charge in [-0.25, -0.2) is 0 Å². The third-order valence-corrected chi connectivity index (χ3v) is 3.76. The largest absolute Gasteiger partial charge is 0.497 e. The summed E-state index contributed by atoms with van der Waals surface area (Å²) in [6, 6.07) is 9.52. The maximum Gasteiger partial charge on any atom is 0.118 e. The second-order valence-electron chi connectivity index (χ2n) is 5.87. The van der Waals surface area contributed by atoms with Crippen molar-refractivity contribution in [1.82, 2.24) is 5.32 Å². The van der Waals surface area contributed by atoms with Gasteiger partial charge in [-0.1, -0.05) is 44.7 Å². The maximum absolute atomic E-state index is 5.19. The molecule has 0 saturated heterocycles. The molecule has 2 atom stereocenters. The van der Waals surface area contributed by atoms with Crippen molar-refractivity contribution in [2.24, 2.45) is 0 Å². The van der Waals surface area contributed by atoms with E-state index in [4.69, 9.17) is 4.74 Å². The minimum absolute atomic E-state index is 0.518. The average molecular weight is 277 g/mol. The normalized spacial score (nSPS) is 14.0. The Morgan fingerprint density at radius 2 is 1.70 bits per heavy atom. The van der Waals surface area contributed by atoms with Crippen LogP contribution in [0, 0.1) is 0 Å². The Balaban J connectivity index is 2.25. The lowest BCUT2D eigenvalue weighted by molar-refractivity contribution is 0.413. The first kappa shape index (κ1) is 17.0. The van der Waals surface area contributed by atoms with Gasteiger partial charge >= 0.3 is 0 Å². The van der Waals surface area contributed by atoms with E-state index in [1.165, 1.54) is 37.7 Å². The van der Waals surface area contributed by atoms with Gasteiger partial charge in [0, 0.05) is 12.1 Å². The van der Waals surface area contributed by atoms with E-state index >= 15 is 0 Å². The molecule has 20 heavy (non-hydrogen) atoms. The van der Waals surface area contributed by atoms with Gasteiger partial charge in [0.2, 0.25) is 0 Å². The number of hydrogen-bond acceptors (Lipinski definition) is 2. The van der Waals surface area contributed by atoms with Gasteiger partial charge in [0.1, 0.15) is 5.75 Å². The van der Waals surface area contributed by atoms with Crippen LogP contribution < -0.4 is 10.1 Å². The second kappa shape index (κ2) is 9.82. The Labute approximate surface area is 124 Å². The Kier molecular flexibility index (Phi) is 8.36. The fourth-order valence-corrected chi connectivity index (χ4v) is 2.62. The third-order valence-electron chi connectivity index (χ3n) is 3.76. The first-order valence-electron chi connectivity index (χ1n) is 8.04. The molecule has 0 saturated carbocycles. The lowest BCUT2D eigenvalue weighted by Crippen LogP contribution is -2.35. The van der Waals surface area contributed by atoms with E-state index in [1.807, 2.05) is 12.1 Å². The third kappa shape index (κ3) is 6.95. The molecule has 0 aliphatic carbocycles. The molecule has 0 aliphatic rings. The molecular formula is C18H31NO. The van der Waals surface area contributed by atoms with Crippen LogP contribution in [0.25, 0.3) is 0 Å². The van der Waals surface area contributed by atoms with Crippen LogP contribution >= 0.6 is 0 Å². The summed E-state index contributed by atoms with van der Waals surface area (Å²) in [7, 11) is 1.71. The zero-order valence-corrected chi connectivity index (χ0v) is 13.6. The SMILES string of the molecule is CCCCCCC(C)NC(C)Cc1ccc(OC)cc1. The molecule has 2 heteroatoms. The number of methoxy groups -OCH3 is 1. The minimum atomic E-state index is 0.518. The van der Waals surface area contributed by atoms with E-state index in [9.17, 15) is 0 Å². The van der Waals surface area contributed by atoms with Crippen molar-refractivity contribution in [2.75, 3.05) is 7.11 Å². The molecule has 0 aromatic heterocycles. The van der Waals surface area contributed by atoms with Crippen LogP contribution in [-0.4, -0.2) is 19.2 Å². The summed E-state index contributed by atoms with van der Waals surface area (Å²) in [5.74, 6) is 0.929. The molecule has 0 aliphatic heterocycles. The molecule has 0 fully saturated rings. The van der Waals surface area contributed by atoms with Crippen molar-refractivity contribution >= 4 is 0 Å². The van der Waals surface area contributed by atoms with Gasteiger partial charge in [-0.15, -0.1) is 0 Å². The lowest BCUT2D eigenvalue weighted by Gasteiger charge is -2.20. The fraction of sp³-hybridized carbons (Fsp3) is 0.667. The molecule has 1 N–H and O–H groups in total. The smallest absolute Gasteiger partial charge is 0.118 e. The summed E-state index contributed by atoms with van der Waals surface area (Å²) in [6.45, 7) is 6.84. The van der Waals surface area contributed by atoms with Crippen LogP contribution in [0.3, 0.4) is 0 Å². The monoisotopic (exact) mass is 277 g/mol. The molecule has 0 heterocycles. The van der Waals surface area contributed by atoms with Gasteiger partial charge in [0.05, 0.1) is 7.11 Å². The highest BCUT2D eigenvalue weighted by Gasteiger charge is 2.08. The van der Waals surface area contributed by atoms with E-state index in [2.05, 4.69) is 38.2 Å². The summed E-state index contributed by atoms with van der Waals surface area (Å²) in [6.07, 6.45) is 7.76. The van der Waals surface area contributed by atoms with Crippen LogP contribution in [0.1, 0.15) is 58.4 Å².